The van der Waals surface area contributed by atoms with Crippen LogP contribution in [0.25, 0.3) is 0 Å². The summed E-state index contributed by atoms with van der Waals surface area (Å²) in [5, 5.41) is 13.4. The van der Waals surface area contributed by atoms with Gasteiger partial charge in [-0.1, -0.05) is 13.8 Å². The SMILES string of the molecule is CC(C)c1cc(C(=O)N2CCSCC2CC(=O)O)n(C)n1. The molecule has 2 rings (SSSR count). The average Bonchev–Trinajstić information content (AvgIpc) is 2.80. The molecule has 1 aromatic rings. The molecule has 2 heterocycles. The van der Waals surface area contributed by atoms with Gasteiger partial charge in [-0.05, 0) is 12.0 Å². The predicted molar refractivity (Wildman–Crippen MR) is 81.7 cm³/mol. The van der Waals surface area contributed by atoms with Crippen LogP contribution >= 0.6 is 11.8 Å². The Bertz CT molecular complexity index is 542. The lowest BCUT2D eigenvalue weighted by Gasteiger charge is -2.34. The number of hydrogen-bond acceptors (Lipinski definition) is 4. The molecule has 1 N–H and O–H groups in total. The van der Waals surface area contributed by atoms with E-state index in [9.17, 15) is 9.59 Å². The molecular weight excluding hydrogens is 290 g/mol. The zero-order chi connectivity index (χ0) is 15.6. The lowest BCUT2D eigenvalue weighted by atomic mass is 10.1. The fraction of sp³-hybridized carbons (Fsp3) is 0.643. The van der Waals surface area contributed by atoms with Crippen LogP contribution in [-0.4, -0.2) is 55.8 Å². The van der Waals surface area contributed by atoms with Crippen molar-refractivity contribution in [3.63, 3.8) is 0 Å². The quantitative estimate of drug-likeness (QED) is 0.913. The maximum Gasteiger partial charge on any atom is 0.305 e. The van der Waals surface area contributed by atoms with Crippen LogP contribution in [0.5, 0.6) is 0 Å². The summed E-state index contributed by atoms with van der Waals surface area (Å²) >= 11 is 1.70. The van der Waals surface area contributed by atoms with Crippen LogP contribution in [0.1, 0.15) is 42.4 Å². The number of thioether (sulfide) groups is 1. The molecule has 1 atom stereocenters. The molecule has 0 saturated carbocycles. The van der Waals surface area contributed by atoms with Gasteiger partial charge in [0.15, 0.2) is 0 Å². The maximum absolute atomic E-state index is 12.7. The Morgan fingerprint density at radius 2 is 2.24 bits per heavy atom. The van der Waals surface area contributed by atoms with Crippen molar-refractivity contribution in [3.8, 4) is 0 Å². The highest BCUT2D eigenvalue weighted by molar-refractivity contribution is 7.99. The van der Waals surface area contributed by atoms with E-state index in [2.05, 4.69) is 5.10 Å². The minimum atomic E-state index is -0.867. The Morgan fingerprint density at radius 1 is 1.52 bits per heavy atom. The summed E-state index contributed by atoms with van der Waals surface area (Å²) in [6.07, 6.45) is -0.00632. The first-order chi connectivity index (χ1) is 9.90. The van der Waals surface area contributed by atoms with Crippen molar-refractivity contribution in [3.05, 3.63) is 17.5 Å². The van der Waals surface area contributed by atoms with Crippen LogP contribution in [0.15, 0.2) is 6.07 Å². The van der Waals surface area contributed by atoms with Crippen molar-refractivity contribution in [2.24, 2.45) is 7.05 Å². The second-order valence-corrected chi connectivity index (χ2v) is 6.71. The fourth-order valence-electron chi connectivity index (χ4n) is 2.41. The highest BCUT2D eigenvalue weighted by Crippen LogP contribution is 2.22. The van der Waals surface area contributed by atoms with E-state index in [-0.39, 0.29) is 24.3 Å². The maximum atomic E-state index is 12.7. The molecular formula is C14H21N3O3S. The van der Waals surface area contributed by atoms with Gasteiger partial charge >= 0.3 is 5.97 Å². The first-order valence-electron chi connectivity index (χ1n) is 7.04. The lowest BCUT2D eigenvalue weighted by molar-refractivity contribution is -0.138. The van der Waals surface area contributed by atoms with E-state index >= 15 is 0 Å². The van der Waals surface area contributed by atoms with E-state index in [0.717, 1.165) is 11.4 Å². The summed E-state index contributed by atoms with van der Waals surface area (Å²) in [6.45, 7) is 4.65. The standard InChI is InChI=1S/C14H21N3O3S/c1-9(2)11-7-12(16(3)15-11)14(20)17-4-5-21-8-10(17)6-13(18)19/h7,9-10H,4-6,8H2,1-3H3,(H,18,19). The van der Waals surface area contributed by atoms with Crippen molar-refractivity contribution in [2.75, 3.05) is 18.1 Å². The fourth-order valence-corrected chi connectivity index (χ4v) is 3.47. The molecule has 116 valence electrons. The summed E-state index contributed by atoms with van der Waals surface area (Å²) < 4.78 is 1.59. The van der Waals surface area contributed by atoms with Gasteiger partial charge in [0.2, 0.25) is 0 Å². The molecule has 1 unspecified atom stereocenters. The molecule has 21 heavy (non-hydrogen) atoms. The monoisotopic (exact) mass is 311 g/mol. The van der Waals surface area contributed by atoms with Crippen molar-refractivity contribution in [1.82, 2.24) is 14.7 Å². The van der Waals surface area contributed by atoms with Crippen molar-refractivity contribution in [1.29, 1.82) is 0 Å². The first-order valence-corrected chi connectivity index (χ1v) is 8.20. The third kappa shape index (κ3) is 3.58. The minimum absolute atomic E-state index is 0.00632. The zero-order valence-corrected chi connectivity index (χ0v) is 13.4. The number of aliphatic carboxylic acids is 1. The van der Waals surface area contributed by atoms with E-state index in [1.807, 2.05) is 19.9 Å². The number of hydrogen-bond donors (Lipinski definition) is 1. The second-order valence-electron chi connectivity index (χ2n) is 5.56. The smallest absolute Gasteiger partial charge is 0.305 e. The van der Waals surface area contributed by atoms with E-state index in [1.54, 1.807) is 28.4 Å². The van der Waals surface area contributed by atoms with Crippen LogP contribution in [0.2, 0.25) is 0 Å². The van der Waals surface area contributed by atoms with E-state index < -0.39 is 5.97 Å². The summed E-state index contributed by atoms with van der Waals surface area (Å²) in [5.41, 5.74) is 1.41. The molecule has 0 bridgehead atoms. The topological polar surface area (TPSA) is 75.4 Å². The highest BCUT2D eigenvalue weighted by Gasteiger charge is 2.31. The molecule has 6 nitrogen and oxygen atoms in total. The van der Waals surface area contributed by atoms with E-state index in [0.29, 0.717) is 18.0 Å². The Morgan fingerprint density at radius 3 is 2.81 bits per heavy atom. The number of rotatable bonds is 4. The normalized spacial score (nSPS) is 19.0. The van der Waals surface area contributed by atoms with Crippen LogP contribution in [-0.2, 0) is 11.8 Å². The van der Waals surface area contributed by atoms with Gasteiger partial charge in [0.25, 0.3) is 5.91 Å². The Labute approximate surface area is 128 Å². The Kier molecular flexibility index (Phi) is 4.92. The summed E-state index contributed by atoms with van der Waals surface area (Å²) in [7, 11) is 1.75. The van der Waals surface area contributed by atoms with E-state index in [4.69, 9.17) is 5.11 Å². The molecule has 1 aliphatic heterocycles. The number of carboxylic acids is 1. The van der Waals surface area contributed by atoms with Gasteiger partial charge in [-0.3, -0.25) is 14.3 Å². The zero-order valence-electron chi connectivity index (χ0n) is 12.6. The summed E-state index contributed by atoms with van der Waals surface area (Å²) in [4.78, 5) is 25.4. The number of aryl methyl sites for hydroxylation is 1. The molecule has 0 aromatic carbocycles. The van der Waals surface area contributed by atoms with Crippen molar-refractivity contribution < 1.29 is 14.7 Å². The van der Waals surface area contributed by atoms with Crippen LogP contribution < -0.4 is 0 Å². The van der Waals surface area contributed by atoms with Crippen molar-refractivity contribution >= 4 is 23.6 Å². The van der Waals surface area contributed by atoms with Crippen LogP contribution in [0.3, 0.4) is 0 Å². The second kappa shape index (κ2) is 6.51. The van der Waals surface area contributed by atoms with Crippen LogP contribution in [0.4, 0.5) is 0 Å². The number of amides is 1. The molecule has 1 saturated heterocycles. The summed E-state index contributed by atoms with van der Waals surface area (Å²) in [5.74, 6) is 0.782. The third-order valence-electron chi connectivity index (χ3n) is 3.61. The highest BCUT2D eigenvalue weighted by atomic mass is 32.2. The molecule has 1 amide bonds. The van der Waals surface area contributed by atoms with Gasteiger partial charge in [-0.25, -0.2) is 0 Å². The molecule has 1 fully saturated rings. The number of nitrogens with zero attached hydrogens (tertiary/aromatic N) is 3. The molecule has 0 radical (unpaired) electrons. The van der Waals surface area contributed by atoms with Crippen molar-refractivity contribution in [2.45, 2.75) is 32.2 Å². The molecule has 0 spiro atoms. The summed E-state index contributed by atoms with van der Waals surface area (Å²) in [6, 6.07) is 1.57. The first kappa shape index (κ1) is 15.9. The average molecular weight is 311 g/mol. The molecule has 1 aromatic heterocycles. The Balaban J connectivity index is 2.22. The van der Waals surface area contributed by atoms with Gasteiger partial charge in [-0.2, -0.15) is 16.9 Å². The van der Waals surface area contributed by atoms with Gasteiger partial charge < -0.3 is 10.0 Å². The predicted octanol–water partition coefficient (Wildman–Crippen LogP) is 1.58. The van der Waals surface area contributed by atoms with Gasteiger partial charge in [0.05, 0.1) is 18.2 Å². The van der Waals surface area contributed by atoms with Gasteiger partial charge in [0.1, 0.15) is 5.69 Å². The number of carbonyl (C=O) groups is 2. The third-order valence-corrected chi connectivity index (χ3v) is 4.70. The number of carbonyl (C=O) groups excluding carboxylic acids is 1. The largest absolute Gasteiger partial charge is 0.481 e. The Hall–Kier alpha value is -1.50. The lowest BCUT2D eigenvalue weighted by Crippen LogP contribution is -2.47. The molecule has 7 heteroatoms. The van der Waals surface area contributed by atoms with Gasteiger partial charge in [-0.15, -0.1) is 0 Å². The number of carboxylic acid groups (broad SMARTS) is 1. The van der Waals surface area contributed by atoms with Crippen LogP contribution in [0, 0.1) is 0 Å². The molecule has 1 aliphatic rings. The molecule has 0 aliphatic carbocycles. The van der Waals surface area contributed by atoms with Gasteiger partial charge in [0, 0.05) is 25.1 Å². The van der Waals surface area contributed by atoms with E-state index in [1.165, 1.54) is 0 Å². The number of aromatic nitrogens is 2. The minimum Gasteiger partial charge on any atom is -0.481 e.